The second kappa shape index (κ2) is 9.94. The van der Waals surface area contributed by atoms with Crippen LogP contribution >= 0.6 is 50.7 Å². The number of hydrogen-bond acceptors (Lipinski definition) is 4. The van der Waals surface area contributed by atoms with E-state index >= 15 is 0 Å². The maximum Gasteiger partial charge on any atom is 0.147 e. The zero-order valence-corrected chi connectivity index (χ0v) is 23.5. The monoisotopic (exact) mass is 617 g/mol. The lowest BCUT2D eigenvalue weighted by molar-refractivity contribution is -0.0549. The number of benzene rings is 3. The lowest BCUT2D eigenvalue weighted by atomic mass is 9.65. The lowest BCUT2D eigenvalue weighted by Crippen LogP contribution is -2.40. The fourth-order valence-corrected chi connectivity index (χ4v) is 6.30. The summed E-state index contributed by atoms with van der Waals surface area (Å²) in [7, 11) is 0. The van der Waals surface area contributed by atoms with E-state index in [9.17, 15) is 5.11 Å². The van der Waals surface area contributed by atoms with Gasteiger partial charge >= 0.3 is 0 Å². The summed E-state index contributed by atoms with van der Waals surface area (Å²) >= 11 is 23.0. The minimum atomic E-state index is -0.949. The van der Waals surface area contributed by atoms with Crippen LogP contribution in [0.4, 0.5) is 0 Å². The van der Waals surface area contributed by atoms with Crippen molar-refractivity contribution < 1.29 is 14.4 Å². The van der Waals surface area contributed by atoms with E-state index in [1.807, 2.05) is 24.3 Å². The Morgan fingerprint density at radius 1 is 0.946 bits per heavy atom. The molecule has 2 aliphatic rings. The average Bonchev–Trinajstić information content (AvgIpc) is 3.62. The molecule has 0 bridgehead atoms. The zero-order chi connectivity index (χ0) is 25.7. The molecule has 3 aromatic carbocycles. The molecule has 190 valence electrons. The van der Waals surface area contributed by atoms with Gasteiger partial charge in [0.2, 0.25) is 0 Å². The van der Waals surface area contributed by atoms with Crippen LogP contribution in [0.15, 0.2) is 69.7 Å². The molecule has 37 heavy (non-hydrogen) atoms. The third kappa shape index (κ3) is 4.93. The molecular weight excluding hydrogens is 597 g/mol. The normalized spacial score (nSPS) is 21.1. The fourth-order valence-electron chi connectivity index (χ4n) is 5.11. The molecule has 1 aromatic heterocycles. The summed E-state index contributed by atoms with van der Waals surface area (Å²) in [5.41, 5.74) is 3.08. The number of nitrogens with zero attached hydrogens (tertiary/aromatic N) is 1. The van der Waals surface area contributed by atoms with Gasteiger partial charge in [-0.2, -0.15) is 0 Å². The molecule has 1 heterocycles. The largest absolute Gasteiger partial charge is 0.489 e. The molecule has 2 aliphatic carbocycles. The SMILES string of the molecule is OC1(c2ccc(OCc3c(-c4c(Cl)cccc4Cl)noc3C3CC3)cc2Cl)CC(c2ccc(Br)cc2)C1. The van der Waals surface area contributed by atoms with Crippen molar-refractivity contribution in [1.82, 2.24) is 5.16 Å². The first kappa shape index (κ1) is 25.3. The van der Waals surface area contributed by atoms with Crippen molar-refractivity contribution in [2.75, 3.05) is 0 Å². The first-order valence-electron chi connectivity index (χ1n) is 12.2. The smallest absolute Gasteiger partial charge is 0.147 e. The number of aliphatic hydroxyl groups is 1. The fraction of sp³-hybridized carbons (Fsp3) is 0.276. The second-order valence-electron chi connectivity index (χ2n) is 9.86. The molecule has 0 atom stereocenters. The molecule has 6 rings (SSSR count). The summed E-state index contributed by atoms with van der Waals surface area (Å²) in [6.07, 6.45) is 3.36. The van der Waals surface area contributed by atoms with Gasteiger partial charge in [0.15, 0.2) is 0 Å². The Morgan fingerprint density at radius 2 is 1.65 bits per heavy atom. The topological polar surface area (TPSA) is 55.5 Å². The molecule has 2 saturated carbocycles. The van der Waals surface area contributed by atoms with Crippen LogP contribution < -0.4 is 4.74 Å². The molecule has 4 aromatic rings. The van der Waals surface area contributed by atoms with Crippen molar-refractivity contribution >= 4 is 50.7 Å². The van der Waals surface area contributed by atoms with E-state index in [0.29, 0.717) is 56.8 Å². The molecule has 0 amide bonds. The molecule has 0 spiro atoms. The Labute approximate surface area is 238 Å². The molecule has 0 unspecified atom stereocenters. The Kier molecular flexibility index (Phi) is 6.79. The van der Waals surface area contributed by atoms with Gasteiger partial charge in [-0.1, -0.05) is 80.2 Å². The highest BCUT2D eigenvalue weighted by Gasteiger charge is 2.45. The van der Waals surface area contributed by atoms with Crippen LogP contribution in [0.5, 0.6) is 5.75 Å². The molecular formula is C29H23BrCl3NO3. The Hall–Kier alpha value is -2.02. The maximum atomic E-state index is 11.3. The van der Waals surface area contributed by atoms with E-state index in [0.717, 1.165) is 34.2 Å². The quantitative estimate of drug-likeness (QED) is 0.224. The summed E-state index contributed by atoms with van der Waals surface area (Å²) in [5.74, 6) is 2.05. The summed E-state index contributed by atoms with van der Waals surface area (Å²) in [5, 5.41) is 17.1. The molecule has 0 saturated heterocycles. The van der Waals surface area contributed by atoms with Gasteiger partial charge in [0.05, 0.1) is 26.2 Å². The van der Waals surface area contributed by atoms with Gasteiger partial charge in [-0.05, 0) is 73.6 Å². The third-order valence-electron chi connectivity index (χ3n) is 7.30. The van der Waals surface area contributed by atoms with Crippen LogP contribution in [-0.2, 0) is 12.2 Å². The summed E-state index contributed by atoms with van der Waals surface area (Å²) < 4.78 is 12.9. The Morgan fingerprint density at radius 3 is 2.30 bits per heavy atom. The highest BCUT2D eigenvalue weighted by atomic mass is 79.9. The van der Waals surface area contributed by atoms with E-state index in [-0.39, 0.29) is 6.61 Å². The van der Waals surface area contributed by atoms with Gasteiger partial charge in [0, 0.05) is 21.5 Å². The van der Waals surface area contributed by atoms with E-state index in [1.54, 1.807) is 24.3 Å². The molecule has 4 nitrogen and oxygen atoms in total. The zero-order valence-electron chi connectivity index (χ0n) is 19.7. The van der Waals surface area contributed by atoms with Gasteiger partial charge in [0.1, 0.15) is 23.8 Å². The highest BCUT2D eigenvalue weighted by molar-refractivity contribution is 9.10. The van der Waals surface area contributed by atoms with E-state index in [4.69, 9.17) is 44.1 Å². The van der Waals surface area contributed by atoms with Crippen molar-refractivity contribution in [1.29, 1.82) is 0 Å². The second-order valence-corrected chi connectivity index (χ2v) is 12.0. The highest BCUT2D eigenvalue weighted by Crippen LogP contribution is 2.53. The van der Waals surface area contributed by atoms with E-state index in [1.165, 1.54) is 5.56 Å². The molecule has 0 radical (unpaired) electrons. The van der Waals surface area contributed by atoms with Crippen molar-refractivity contribution in [3.05, 3.63) is 103 Å². The van der Waals surface area contributed by atoms with Crippen LogP contribution in [0.1, 0.15) is 60.0 Å². The molecule has 2 fully saturated rings. The van der Waals surface area contributed by atoms with Crippen molar-refractivity contribution in [2.24, 2.45) is 0 Å². The molecule has 1 N–H and O–H groups in total. The van der Waals surface area contributed by atoms with Crippen molar-refractivity contribution in [2.45, 2.75) is 49.7 Å². The van der Waals surface area contributed by atoms with Gasteiger partial charge in [-0.15, -0.1) is 0 Å². The predicted molar refractivity (Wildman–Crippen MR) is 150 cm³/mol. The number of ether oxygens (including phenoxy) is 1. The van der Waals surface area contributed by atoms with Gasteiger partial charge in [0.25, 0.3) is 0 Å². The predicted octanol–water partition coefficient (Wildman–Crippen LogP) is 9.29. The van der Waals surface area contributed by atoms with E-state index in [2.05, 4.69) is 33.2 Å². The van der Waals surface area contributed by atoms with Gasteiger partial charge in [-0.25, -0.2) is 0 Å². The van der Waals surface area contributed by atoms with Crippen LogP contribution in [0, 0.1) is 0 Å². The van der Waals surface area contributed by atoms with Crippen LogP contribution in [0.3, 0.4) is 0 Å². The average molecular weight is 620 g/mol. The standard InChI is InChI=1S/C29H23BrCl3NO3/c30-19-8-6-16(7-9-19)18-13-29(35,14-18)22-11-10-20(12-25(22)33)36-15-21-27(34-37-28(21)17-4-5-17)26-23(31)2-1-3-24(26)32/h1-3,6-12,17-18,35H,4-5,13-15H2. The number of aromatic nitrogens is 1. The lowest BCUT2D eigenvalue weighted by Gasteiger charge is -2.44. The summed E-state index contributed by atoms with van der Waals surface area (Å²) in [4.78, 5) is 0. The van der Waals surface area contributed by atoms with Crippen molar-refractivity contribution in [3.8, 4) is 17.0 Å². The Balaban J connectivity index is 1.20. The van der Waals surface area contributed by atoms with Crippen LogP contribution in [0.25, 0.3) is 11.3 Å². The number of rotatable bonds is 7. The maximum absolute atomic E-state index is 11.3. The number of halogens is 4. The van der Waals surface area contributed by atoms with Crippen LogP contribution in [-0.4, -0.2) is 10.3 Å². The molecule has 8 heteroatoms. The summed E-state index contributed by atoms with van der Waals surface area (Å²) in [6.45, 7) is 0.234. The minimum Gasteiger partial charge on any atom is -0.489 e. The first-order chi connectivity index (χ1) is 17.8. The summed E-state index contributed by atoms with van der Waals surface area (Å²) in [6, 6.07) is 19.1. The number of hydrogen-bond donors (Lipinski definition) is 1. The van der Waals surface area contributed by atoms with Gasteiger partial charge in [-0.3, -0.25) is 0 Å². The van der Waals surface area contributed by atoms with Crippen LogP contribution in [0.2, 0.25) is 15.1 Å². The first-order valence-corrected chi connectivity index (χ1v) is 14.1. The minimum absolute atomic E-state index is 0.234. The Bertz CT molecular complexity index is 1440. The van der Waals surface area contributed by atoms with Gasteiger partial charge < -0.3 is 14.4 Å². The van der Waals surface area contributed by atoms with Crippen molar-refractivity contribution in [3.63, 3.8) is 0 Å². The third-order valence-corrected chi connectivity index (χ3v) is 8.77. The molecule has 0 aliphatic heterocycles. The van der Waals surface area contributed by atoms with E-state index < -0.39 is 5.60 Å².